The minimum Gasteiger partial charge on any atom is -0.357 e. The van der Waals surface area contributed by atoms with E-state index in [1.165, 1.54) is 11.1 Å². The molecule has 0 aliphatic carbocycles. The maximum absolute atomic E-state index is 4.58. The molecule has 0 bridgehead atoms. The maximum atomic E-state index is 4.58. The molecule has 0 saturated carbocycles. The van der Waals surface area contributed by atoms with E-state index >= 15 is 0 Å². The van der Waals surface area contributed by atoms with Crippen molar-refractivity contribution in [2.75, 3.05) is 18.5 Å². The van der Waals surface area contributed by atoms with E-state index in [0.717, 1.165) is 18.9 Å². The fraction of sp³-hybridized carbons (Fsp3) is 0.667. The number of hydrogen-bond acceptors (Lipinski definition) is 3. The van der Waals surface area contributed by atoms with Crippen LogP contribution in [0.25, 0.3) is 0 Å². The Balaban J connectivity index is 2.67. The minimum atomic E-state index is 0.473. The lowest BCUT2D eigenvalue weighted by atomic mass is 10.1. The van der Waals surface area contributed by atoms with Crippen LogP contribution in [0.3, 0.4) is 0 Å². The lowest BCUT2D eigenvalue weighted by molar-refractivity contribution is 0.551. The van der Waals surface area contributed by atoms with Gasteiger partial charge in [-0.15, -0.1) is 0 Å². The molecule has 0 aromatic carbocycles. The molecule has 0 radical (unpaired) electrons. The van der Waals surface area contributed by atoms with Crippen molar-refractivity contribution in [3.63, 3.8) is 0 Å². The van der Waals surface area contributed by atoms with Crippen LogP contribution in [0.15, 0.2) is 12.3 Å². The standard InChI is InChI=1S/C15H27N3/c1-11(2)8-16-9-14-7-13(5)15(17-10-14)18(6)12(3)4/h7,10-12,16H,8-9H2,1-6H3. The highest BCUT2D eigenvalue weighted by molar-refractivity contribution is 5.47. The first-order valence-electron chi connectivity index (χ1n) is 6.81. The third-order valence-electron chi connectivity index (χ3n) is 3.10. The molecular weight excluding hydrogens is 222 g/mol. The number of aromatic nitrogens is 1. The van der Waals surface area contributed by atoms with Crippen molar-refractivity contribution < 1.29 is 0 Å². The molecule has 1 N–H and O–H groups in total. The normalized spacial score (nSPS) is 11.3. The highest BCUT2D eigenvalue weighted by Crippen LogP contribution is 2.18. The van der Waals surface area contributed by atoms with Crippen molar-refractivity contribution in [1.82, 2.24) is 10.3 Å². The lowest BCUT2D eigenvalue weighted by Crippen LogP contribution is -2.27. The fourth-order valence-corrected chi connectivity index (χ4v) is 1.84. The van der Waals surface area contributed by atoms with Crippen molar-refractivity contribution in [3.8, 4) is 0 Å². The van der Waals surface area contributed by atoms with Gasteiger partial charge in [-0.05, 0) is 50.4 Å². The average molecular weight is 249 g/mol. The summed E-state index contributed by atoms with van der Waals surface area (Å²) in [4.78, 5) is 6.79. The van der Waals surface area contributed by atoms with E-state index in [1.807, 2.05) is 6.20 Å². The molecule has 0 unspecified atom stereocenters. The van der Waals surface area contributed by atoms with Gasteiger partial charge in [0, 0.05) is 25.8 Å². The topological polar surface area (TPSA) is 28.2 Å². The van der Waals surface area contributed by atoms with Crippen LogP contribution < -0.4 is 10.2 Å². The summed E-state index contributed by atoms with van der Waals surface area (Å²) in [5, 5.41) is 3.45. The van der Waals surface area contributed by atoms with Crippen LogP contribution in [0.4, 0.5) is 5.82 Å². The van der Waals surface area contributed by atoms with Gasteiger partial charge in [-0.3, -0.25) is 0 Å². The summed E-state index contributed by atoms with van der Waals surface area (Å²) in [5.74, 6) is 1.77. The number of pyridine rings is 1. The summed E-state index contributed by atoms with van der Waals surface area (Å²) in [6.07, 6.45) is 1.98. The van der Waals surface area contributed by atoms with Crippen LogP contribution in [0, 0.1) is 12.8 Å². The smallest absolute Gasteiger partial charge is 0.131 e. The van der Waals surface area contributed by atoms with Gasteiger partial charge in [-0.2, -0.15) is 0 Å². The van der Waals surface area contributed by atoms with Gasteiger partial charge in [0.25, 0.3) is 0 Å². The van der Waals surface area contributed by atoms with E-state index in [-0.39, 0.29) is 0 Å². The zero-order chi connectivity index (χ0) is 13.7. The second-order valence-corrected chi connectivity index (χ2v) is 5.71. The van der Waals surface area contributed by atoms with Gasteiger partial charge >= 0.3 is 0 Å². The SMILES string of the molecule is Cc1cc(CNCC(C)C)cnc1N(C)C(C)C. The number of anilines is 1. The quantitative estimate of drug-likeness (QED) is 0.840. The molecule has 0 aliphatic heterocycles. The summed E-state index contributed by atoms with van der Waals surface area (Å²) >= 11 is 0. The minimum absolute atomic E-state index is 0.473. The Morgan fingerprint density at radius 2 is 1.94 bits per heavy atom. The van der Waals surface area contributed by atoms with Crippen molar-refractivity contribution in [1.29, 1.82) is 0 Å². The number of nitrogens with one attached hydrogen (secondary N) is 1. The first kappa shape index (κ1) is 15.0. The van der Waals surface area contributed by atoms with E-state index in [4.69, 9.17) is 0 Å². The van der Waals surface area contributed by atoms with Gasteiger partial charge in [0.2, 0.25) is 0 Å². The van der Waals surface area contributed by atoms with Crippen LogP contribution in [-0.2, 0) is 6.54 Å². The Hall–Kier alpha value is -1.09. The molecule has 0 amide bonds. The van der Waals surface area contributed by atoms with E-state index in [1.54, 1.807) is 0 Å². The molecule has 0 atom stereocenters. The lowest BCUT2D eigenvalue weighted by Gasteiger charge is -2.24. The number of hydrogen-bond donors (Lipinski definition) is 1. The summed E-state index contributed by atoms with van der Waals surface area (Å²) in [5.41, 5.74) is 2.50. The summed E-state index contributed by atoms with van der Waals surface area (Å²) < 4.78 is 0. The summed E-state index contributed by atoms with van der Waals surface area (Å²) in [7, 11) is 2.09. The Morgan fingerprint density at radius 3 is 2.44 bits per heavy atom. The van der Waals surface area contributed by atoms with Crippen molar-refractivity contribution in [3.05, 3.63) is 23.4 Å². The zero-order valence-electron chi connectivity index (χ0n) is 12.6. The predicted octanol–water partition coefficient (Wildman–Crippen LogP) is 2.98. The molecule has 3 nitrogen and oxygen atoms in total. The number of nitrogens with zero attached hydrogens (tertiary/aromatic N) is 2. The molecule has 1 aromatic rings. The highest BCUT2D eigenvalue weighted by atomic mass is 15.2. The van der Waals surface area contributed by atoms with Crippen LogP contribution in [0.2, 0.25) is 0 Å². The zero-order valence-corrected chi connectivity index (χ0v) is 12.6. The van der Waals surface area contributed by atoms with E-state index in [2.05, 4.69) is 62.9 Å². The Morgan fingerprint density at radius 1 is 1.28 bits per heavy atom. The molecule has 0 spiro atoms. The molecule has 0 fully saturated rings. The van der Waals surface area contributed by atoms with Crippen molar-refractivity contribution in [2.24, 2.45) is 5.92 Å². The number of aryl methyl sites for hydroxylation is 1. The fourth-order valence-electron chi connectivity index (χ4n) is 1.84. The van der Waals surface area contributed by atoms with E-state index in [0.29, 0.717) is 12.0 Å². The molecule has 18 heavy (non-hydrogen) atoms. The largest absolute Gasteiger partial charge is 0.357 e. The average Bonchev–Trinajstić information content (AvgIpc) is 2.27. The molecular formula is C15H27N3. The molecule has 1 rings (SSSR count). The molecule has 0 aliphatic rings. The Labute approximate surface area is 112 Å². The first-order valence-corrected chi connectivity index (χ1v) is 6.81. The van der Waals surface area contributed by atoms with Gasteiger partial charge in [-0.25, -0.2) is 4.98 Å². The monoisotopic (exact) mass is 249 g/mol. The first-order chi connectivity index (χ1) is 8.41. The van der Waals surface area contributed by atoms with E-state index in [9.17, 15) is 0 Å². The predicted molar refractivity (Wildman–Crippen MR) is 79.1 cm³/mol. The van der Waals surface area contributed by atoms with Crippen LogP contribution >= 0.6 is 0 Å². The number of rotatable bonds is 6. The molecule has 1 aromatic heterocycles. The third kappa shape index (κ3) is 4.30. The van der Waals surface area contributed by atoms with Gasteiger partial charge < -0.3 is 10.2 Å². The van der Waals surface area contributed by atoms with Crippen LogP contribution in [0.5, 0.6) is 0 Å². The van der Waals surface area contributed by atoms with Crippen LogP contribution in [0.1, 0.15) is 38.8 Å². The summed E-state index contributed by atoms with van der Waals surface area (Å²) in [6.45, 7) is 12.9. The molecule has 1 heterocycles. The van der Waals surface area contributed by atoms with Gasteiger partial charge in [-0.1, -0.05) is 13.8 Å². The van der Waals surface area contributed by atoms with Crippen molar-refractivity contribution in [2.45, 2.75) is 47.2 Å². The van der Waals surface area contributed by atoms with Crippen molar-refractivity contribution >= 4 is 5.82 Å². The van der Waals surface area contributed by atoms with Gasteiger partial charge in [0.1, 0.15) is 5.82 Å². The third-order valence-corrected chi connectivity index (χ3v) is 3.10. The highest BCUT2D eigenvalue weighted by Gasteiger charge is 2.09. The Bertz CT molecular complexity index is 372. The second-order valence-electron chi connectivity index (χ2n) is 5.71. The summed E-state index contributed by atoms with van der Waals surface area (Å²) in [6, 6.07) is 2.70. The molecule has 3 heteroatoms. The maximum Gasteiger partial charge on any atom is 0.131 e. The second kappa shape index (κ2) is 6.74. The van der Waals surface area contributed by atoms with Gasteiger partial charge in [0.15, 0.2) is 0 Å². The van der Waals surface area contributed by atoms with Gasteiger partial charge in [0.05, 0.1) is 0 Å². The van der Waals surface area contributed by atoms with E-state index < -0.39 is 0 Å². The van der Waals surface area contributed by atoms with Crippen LogP contribution in [-0.4, -0.2) is 24.6 Å². The molecule has 0 saturated heterocycles. The molecule has 102 valence electrons. The Kier molecular flexibility index (Phi) is 5.60.